The Morgan fingerprint density at radius 2 is 0.407 bits per heavy atom. The molecule has 12 heteroatoms. The maximum atomic E-state index is 4.95. The monoisotopic (exact) mass is 1040 g/mol. The summed E-state index contributed by atoms with van der Waals surface area (Å²) < 4.78 is 13.2. The van der Waals surface area contributed by atoms with Crippen LogP contribution in [0.4, 0.5) is 0 Å². The third-order valence-corrected chi connectivity index (χ3v) is 15.8. The van der Waals surface area contributed by atoms with Crippen molar-refractivity contribution in [3.05, 3.63) is 254 Å². The van der Waals surface area contributed by atoms with Crippen molar-refractivity contribution >= 4 is 98.5 Å². The predicted octanol–water partition coefficient (Wildman–Crippen LogP) is 15.8. The quantitative estimate of drug-likeness (QED) is 0.164. The fourth-order valence-corrected chi connectivity index (χ4v) is 12.4. The smallest absolute Gasteiger partial charge is 0.242 e. The molecule has 81 heavy (non-hydrogen) atoms. The summed E-state index contributed by atoms with van der Waals surface area (Å²) in [6.07, 6.45) is 0. The molecule has 7 heterocycles. The normalized spacial score (nSPS) is 11.9. The molecule has 0 N–H and O–H groups in total. The Balaban J connectivity index is 0.000000137. The molecule has 7 aromatic heterocycles. The predicted molar refractivity (Wildman–Crippen MR) is 327 cm³/mol. The molecular formula is C69H48N12. The van der Waals surface area contributed by atoms with E-state index in [2.05, 4.69) is 177 Å². The van der Waals surface area contributed by atoms with E-state index >= 15 is 0 Å². The molecule has 0 bridgehead atoms. The molecule has 0 unspecified atom stereocenters. The van der Waals surface area contributed by atoms with Gasteiger partial charge < -0.3 is 13.7 Å². The SMILES string of the molecule is Cc1nc2ccccc2n1-c1nc(-n2c(C)nc3ccccc32)nc(-n2c(C)nc3ccccc32)n1.c1ccc2c(c1)c1ccccc1n2-c1cc(-n2c3ccccc3c3ccccc32)cc(-n2c3ccccc3c3ccccc32)c1. The van der Waals surface area contributed by atoms with Gasteiger partial charge in [0, 0.05) is 32.3 Å². The van der Waals surface area contributed by atoms with Crippen molar-refractivity contribution in [1.82, 2.24) is 57.3 Å². The molecule has 17 rings (SSSR count). The van der Waals surface area contributed by atoms with Crippen LogP contribution in [0.15, 0.2) is 237 Å². The lowest BCUT2D eigenvalue weighted by Gasteiger charge is -2.17. The van der Waals surface area contributed by atoms with E-state index in [1.807, 2.05) is 107 Å². The number of para-hydroxylation sites is 12. The highest BCUT2D eigenvalue weighted by Gasteiger charge is 2.23. The van der Waals surface area contributed by atoms with Crippen molar-refractivity contribution in [2.24, 2.45) is 0 Å². The summed E-state index contributed by atoms with van der Waals surface area (Å²) in [5.41, 5.74) is 16.0. The molecule has 17 aromatic rings. The van der Waals surface area contributed by atoms with Gasteiger partial charge in [0.1, 0.15) is 17.5 Å². The van der Waals surface area contributed by atoms with E-state index in [1.165, 1.54) is 65.4 Å². The minimum Gasteiger partial charge on any atom is -0.309 e. The average Bonchev–Trinajstić information content (AvgIpc) is 4.54. The lowest BCUT2D eigenvalue weighted by molar-refractivity contribution is 0.788. The van der Waals surface area contributed by atoms with Crippen molar-refractivity contribution in [3.8, 4) is 34.9 Å². The van der Waals surface area contributed by atoms with Crippen molar-refractivity contribution in [2.45, 2.75) is 20.8 Å². The van der Waals surface area contributed by atoms with Crippen molar-refractivity contribution in [2.75, 3.05) is 0 Å². The van der Waals surface area contributed by atoms with E-state index in [4.69, 9.17) is 29.9 Å². The van der Waals surface area contributed by atoms with Gasteiger partial charge in [-0.1, -0.05) is 146 Å². The second-order valence-corrected chi connectivity index (χ2v) is 20.5. The van der Waals surface area contributed by atoms with E-state index in [0.717, 1.165) is 67.6 Å². The molecule has 0 fully saturated rings. The Bertz CT molecular complexity index is 4660. The van der Waals surface area contributed by atoms with Crippen LogP contribution in [0.1, 0.15) is 17.5 Å². The zero-order chi connectivity index (χ0) is 53.9. The van der Waals surface area contributed by atoms with Crippen LogP contribution in [-0.2, 0) is 0 Å². The summed E-state index contributed by atoms with van der Waals surface area (Å²) in [6.45, 7) is 5.87. The van der Waals surface area contributed by atoms with Crippen LogP contribution in [0.5, 0.6) is 0 Å². The maximum Gasteiger partial charge on any atom is 0.242 e. The van der Waals surface area contributed by atoms with Gasteiger partial charge in [0.2, 0.25) is 17.8 Å². The molecule has 12 nitrogen and oxygen atoms in total. The minimum absolute atomic E-state index is 0.482. The zero-order valence-corrected chi connectivity index (χ0v) is 44.4. The number of benzene rings is 10. The fraction of sp³-hybridized carbons (Fsp3) is 0.0435. The van der Waals surface area contributed by atoms with Crippen molar-refractivity contribution in [1.29, 1.82) is 0 Å². The molecule has 0 amide bonds. The molecule has 0 aliphatic carbocycles. The van der Waals surface area contributed by atoms with Crippen molar-refractivity contribution in [3.63, 3.8) is 0 Å². The largest absolute Gasteiger partial charge is 0.309 e. The third kappa shape index (κ3) is 7.16. The number of fused-ring (bicyclic) bond motifs is 12. The molecule has 0 atom stereocenters. The van der Waals surface area contributed by atoms with E-state index in [0.29, 0.717) is 17.8 Å². The standard InChI is InChI=1S/C42H27N3.C27H21N9/c1-7-19-37-31(13-1)32-14-2-8-20-38(32)43(37)28-25-29(44-39-21-9-3-15-33(39)34-16-4-10-22-40(34)44)27-30(26-28)45-41-23-11-5-17-35(41)36-18-6-12-24-42(36)45;1-16-28-19-10-4-7-13-22(19)34(16)25-31-26(35-17(2)29-20-11-5-8-14-23(20)35)33-27(32-25)36-18(3)30-21-12-6-9-15-24(21)36/h1-27H;4-15H,1-3H3. The summed E-state index contributed by atoms with van der Waals surface area (Å²) in [6, 6.07) is 83.5. The molecule has 10 aromatic carbocycles. The number of rotatable bonds is 6. The Morgan fingerprint density at radius 3 is 0.642 bits per heavy atom. The Labute approximate surface area is 463 Å². The Hall–Kier alpha value is -11.0. The van der Waals surface area contributed by atoms with Gasteiger partial charge in [-0.3, -0.25) is 13.7 Å². The lowest BCUT2D eigenvalue weighted by Crippen LogP contribution is -2.15. The van der Waals surface area contributed by atoms with Gasteiger partial charge in [-0.25, -0.2) is 15.0 Å². The van der Waals surface area contributed by atoms with Gasteiger partial charge in [-0.05, 0) is 112 Å². The molecule has 0 spiro atoms. The number of imidazole rings is 3. The first-order chi connectivity index (χ1) is 39.9. The summed E-state index contributed by atoms with van der Waals surface area (Å²) in [5.74, 6) is 3.82. The number of aryl methyl sites for hydroxylation is 3. The number of nitrogens with zero attached hydrogens (tertiary/aromatic N) is 12. The van der Waals surface area contributed by atoms with Crippen molar-refractivity contribution < 1.29 is 0 Å². The van der Waals surface area contributed by atoms with Crippen LogP contribution in [0.25, 0.3) is 133 Å². The first-order valence-electron chi connectivity index (χ1n) is 27.1. The fourth-order valence-electron chi connectivity index (χ4n) is 12.4. The highest BCUT2D eigenvalue weighted by Crippen LogP contribution is 2.39. The van der Waals surface area contributed by atoms with Crippen LogP contribution in [-0.4, -0.2) is 57.3 Å². The van der Waals surface area contributed by atoms with E-state index in [-0.39, 0.29) is 0 Å². The zero-order valence-electron chi connectivity index (χ0n) is 44.4. The maximum absolute atomic E-state index is 4.95. The van der Waals surface area contributed by atoms with Gasteiger partial charge in [0.25, 0.3) is 0 Å². The Kier molecular flexibility index (Phi) is 10.3. The summed E-state index contributed by atoms with van der Waals surface area (Å²) >= 11 is 0. The van der Waals surface area contributed by atoms with Crippen LogP contribution in [0, 0.1) is 20.8 Å². The van der Waals surface area contributed by atoms with Gasteiger partial charge in [0.05, 0.1) is 83.3 Å². The Morgan fingerprint density at radius 1 is 0.210 bits per heavy atom. The molecule has 0 aliphatic rings. The molecule has 0 saturated heterocycles. The number of hydrogen-bond donors (Lipinski definition) is 0. The van der Waals surface area contributed by atoms with Gasteiger partial charge in [0.15, 0.2) is 0 Å². The highest BCUT2D eigenvalue weighted by atomic mass is 15.3. The summed E-state index contributed by atoms with van der Waals surface area (Å²) in [7, 11) is 0. The minimum atomic E-state index is 0.482. The summed E-state index contributed by atoms with van der Waals surface area (Å²) in [4.78, 5) is 29.1. The summed E-state index contributed by atoms with van der Waals surface area (Å²) in [5, 5.41) is 7.55. The number of aromatic nitrogens is 12. The highest BCUT2D eigenvalue weighted by molar-refractivity contribution is 6.12. The van der Waals surface area contributed by atoms with Gasteiger partial charge in [-0.15, -0.1) is 0 Å². The first kappa shape index (κ1) is 46.1. The molecular weight excluding hydrogens is 997 g/mol. The molecule has 0 radical (unpaired) electrons. The lowest BCUT2D eigenvalue weighted by atomic mass is 10.2. The second kappa shape index (κ2) is 18.0. The second-order valence-electron chi connectivity index (χ2n) is 20.5. The number of hydrogen-bond acceptors (Lipinski definition) is 6. The van der Waals surface area contributed by atoms with Crippen LogP contribution < -0.4 is 0 Å². The first-order valence-corrected chi connectivity index (χ1v) is 27.1. The van der Waals surface area contributed by atoms with E-state index in [1.54, 1.807) is 0 Å². The topological polar surface area (TPSA) is 107 Å². The van der Waals surface area contributed by atoms with Crippen LogP contribution in [0.3, 0.4) is 0 Å². The van der Waals surface area contributed by atoms with Gasteiger partial charge in [-0.2, -0.15) is 15.0 Å². The van der Waals surface area contributed by atoms with Crippen LogP contribution >= 0.6 is 0 Å². The average molecular weight is 1050 g/mol. The molecule has 0 saturated carbocycles. The molecule has 384 valence electrons. The third-order valence-electron chi connectivity index (χ3n) is 15.8. The van der Waals surface area contributed by atoms with E-state index in [9.17, 15) is 0 Å². The van der Waals surface area contributed by atoms with Crippen LogP contribution in [0.2, 0.25) is 0 Å². The van der Waals surface area contributed by atoms with Gasteiger partial charge >= 0.3 is 0 Å². The molecule has 0 aliphatic heterocycles. The van der Waals surface area contributed by atoms with E-state index < -0.39 is 0 Å².